The molecular formula is C62H120O6. The van der Waals surface area contributed by atoms with Gasteiger partial charge in [0, 0.05) is 19.3 Å². The van der Waals surface area contributed by atoms with Crippen LogP contribution in [0.3, 0.4) is 0 Å². The topological polar surface area (TPSA) is 78.9 Å². The second-order valence-corrected chi connectivity index (χ2v) is 22.1. The fourth-order valence-electron chi connectivity index (χ4n) is 9.55. The van der Waals surface area contributed by atoms with Gasteiger partial charge >= 0.3 is 17.9 Å². The van der Waals surface area contributed by atoms with Crippen molar-refractivity contribution in [1.29, 1.82) is 0 Å². The van der Waals surface area contributed by atoms with Crippen LogP contribution < -0.4 is 0 Å². The highest BCUT2D eigenvalue weighted by molar-refractivity contribution is 5.71. The summed E-state index contributed by atoms with van der Waals surface area (Å²) in [5, 5.41) is 0. The number of ether oxygens (including phenoxy) is 3. The summed E-state index contributed by atoms with van der Waals surface area (Å²) in [4.78, 5) is 38.1. The largest absolute Gasteiger partial charge is 0.462 e. The van der Waals surface area contributed by atoms with E-state index in [1.165, 1.54) is 238 Å². The number of unbranched alkanes of at least 4 members (excludes halogenated alkanes) is 40. The van der Waals surface area contributed by atoms with Gasteiger partial charge in [-0.25, -0.2) is 0 Å². The minimum absolute atomic E-state index is 0.0633. The van der Waals surface area contributed by atoms with E-state index in [4.69, 9.17) is 14.2 Å². The fourth-order valence-corrected chi connectivity index (χ4v) is 9.55. The van der Waals surface area contributed by atoms with Crippen molar-refractivity contribution in [2.24, 2.45) is 11.8 Å². The molecule has 2 atom stereocenters. The second kappa shape index (κ2) is 54.7. The van der Waals surface area contributed by atoms with Crippen molar-refractivity contribution < 1.29 is 28.6 Å². The maximum atomic E-state index is 12.9. The Morgan fingerprint density at radius 1 is 0.309 bits per heavy atom. The van der Waals surface area contributed by atoms with E-state index in [9.17, 15) is 14.4 Å². The summed E-state index contributed by atoms with van der Waals surface area (Å²) in [6.07, 6.45) is 59.8. The number of hydrogen-bond donors (Lipinski definition) is 0. The Labute approximate surface area is 425 Å². The molecule has 0 rings (SSSR count). The van der Waals surface area contributed by atoms with E-state index in [1.807, 2.05) is 0 Å². The number of esters is 3. The fraction of sp³-hybridized carbons (Fsp3) is 0.952. The molecule has 0 aromatic heterocycles. The molecule has 0 aliphatic carbocycles. The van der Waals surface area contributed by atoms with Crippen LogP contribution in [0.1, 0.15) is 349 Å². The monoisotopic (exact) mass is 961 g/mol. The summed E-state index contributed by atoms with van der Waals surface area (Å²) in [6.45, 7) is 11.4. The van der Waals surface area contributed by atoms with Gasteiger partial charge in [-0.2, -0.15) is 0 Å². The Morgan fingerprint density at radius 2 is 0.559 bits per heavy atom. The van der Waals surface area contributed by atoms with Crippen molar-refractivity contribution in [1.82, 2.24) is 0 Å². The van der Waals surface area contributed by atoms with Gasteiger partial charge in [0.05, 0.1) is 0 Å². The third kappa shape index (κ3) is 53.8. The lowest BCUT2D eigenvalue weighted by molar-refractivity contribution is -0.167. The summed E-state index contributed by atoms with van der Waals surface area (Å²) >= 11 is 0. The predicted octanol–water partition coefficient (Wildman–Crippen LogP) is 20.4. The summed E-state index contributed by atoms with van der Waals surface area (Å²) in [6, 6.07) is 0. The molecule has 68 heavy (non-hydrogen) atoms. The molecule has 1 unspecified atom stereocenters. The van der Waals surface area contributed by atoms with Crippen LogP contribution in [0.4, 0.5) is 0 Å². The summed E-state index contributed by atoms with van der Waals surface area (Å²) in [7, 11) is 0. The zero-order valence-electron chi connectivity index (χ0n) is 46.7. The van der Waals surface area contributed by atoms with Crippen LogP contribution in [-0.4, -0.2) is 37.2 Å². The van der Waals surface area contributed by atoms with Crippen molar-refractivity contribution >= 4 is 17.9 Å². The van der Waals surface area contributed by atoms with Crippen molar-refractivity contribution in [3.8, 4) is 0 Å². The highest BCUT2D eigenvalue weighted by atomic mass is 16.6. The molecular weight excluding hydrogens is 841 g/mol. The van der Waals surface area contributed by atoms with Crippen LogP contribution in [-0.2, 0) is 28.6 Å². The molecule has 0 aliphatic rings. The molecule has 0 aromatic carbocycles. The van der Waals surface area contributed by atoms with Gasteiger partial charge in [-0.15, -0.1) is 0 Å². The van der Waals surface area contributed by atoms with E-state index < -0.39 is 6.10 Å². The van der Waals surface area contributed by atoms with E-state index in [0.29, 0.717) is 19.3 Å². The molecule has 0 radical (unpaired) electrons. The summed E-state index contributed by atoms with van der Waals surface area (Å²) < 4.78 is 16.9. The molecule has 0 heterocycles. The van der Waals surface area contributed by atoms with E-state index in [0.717, 1.165) is 69.6 Å². The van der Waals surface area contributed by atoms with E-state index in [-0.39, 0.29) is 31.1 Å². The van der Waals surface area contributed by atoms with Gasteiger partial charge in [-0.1, -0.05) is 311 Å². The Balaban J connectivity index is 4.17. The van der Waals surface area contributed by atoms with E-state index in [2.05, 4.69) is 34.6 Å². The molecule has 0 aromatic rings. The molecule has 6 heteroatoms. The van der Waals surface area contributed by atoms with Crippen LogP contribution in [0.15, 0.2) is 0 Å². The SMILES string of the molecule is CCCCCCCCCCCCCCCCCCCCCC(=O)OC[C@H](COC(=O)CCCCCCCCC(C)C)OC(=O)CCCCCCCCCCCCCCCCCCCCC(C)CC. The Hall–Kier alpha value is -1.59. The third-order valence-corrected chi connectivity index (χ3v) is 14.6. The lowest BCUT2D eigenvalue weighted by Gasteiger charge is -2.18. The first-order chi connectivity index (χ1) is 33.3. The first kappa shape index (κ1) is 66.4. The van der Waals surface area contributed by atoms with Crippen LogP contribution >= 0.6 is 0 Å². The highest BCUT2D eigenvalue weighted by Crippen LogP contribution is 2.19. The molecule has 6 nitrogen and oxygen atoms in total. The van der Waals surface area contributed by atoms with Crippen molar-refractivity contribution in [3.05, 3.63) is 0 Å². The average Bonchev–Trinajstić information content (AvgIpc) is 3.33. The molecule has 0 amide bonds. The van der Waals surface area contributed by atoms with Gasteiger partial charge < -0.3 is 14.2 Å². The first-order valence-electron chi connectivity index (χ1n) is 30.8. The Kier molecular flexibility index (Phi) is 53.5. The minimum Gasteiger partial charge on any atom is -0.462 e. The van der Waals surface area contributed by atoms with Gasteiger partial charge in [0.15, 0.2) is 6.10 Å². The maximum Gasteiger partial charge on any atom is 0.306 e. The van der Waals surface area contributed by atoms with Gasteiger partial charge in [0.2, 0.25) is 0 Å². The van der Waals surface area contributed by atoms with Gasteiger partial charge in [0.25, 0.3) is 0 Å². The zero-order valence-corrected chi connectivity index (χ0v) is 46.7. The maximum absolute atomic E-state index is 12.9. The zero-order chi connectivity index (χ0) is 49.6. The molecule has 0 N–H and O–H groups in total. The standard InChI is InChI=1S/C62H120O6/c1-6-8-9-10-11-12-13-14-15-16-17-21-24-27-30-33-36-42-47-52-60(63)66-55-59(56-67-61(64)53-48-43-39-38-40-45-50-57(3)4)68-62(65)54-49-44-37-34-31-28-25-22-19-18-20-23-26-29-32-35-41-46-51-58(5)7-2/h57-59H,6-56H2,1-5H3/t58?,59-/m1/s1. The number of rotatable bonds is 56. The van der Waals surface area contributed by atoms with Crippen LogP contribution in [0.25, 0.3) is 0 Å². The summed E-state index contributed by atoms with van der Waals surface area (Å²) in [5.41, 5.74) is 0. The van der Waals surface area contributed by atoms with Gasteiger partial charge in [-0.3, -0.25) is 14.4 Å². The number of hydrogen-bond acceptors (Lipinski definition) is 6. The Morgan fingerprint density at radius 3 is 0.838 bits per heavy atom. The molecule has 0 fully saturated rings. The van der Waals surface area contributed by atoms with Crippen LogP contribution in [0.5, 0.6) is 0 Å². The smallest absolute Gasteiger partial charge is 0.306 e. The second-order valence-electron chi connectivity index (χ2n) is 22.1. The normalized spacial score (nSPS) is 12.4. The van der Waals surface area contributed by atoms with E-state index >= 15 is 0 Å². The molecule has 0 saturated heterocycles. The first-order valence-corrected chi connectivity index (χ1v) is 30.8. The molecule has 0 saturated carbocycles. The van der Waals surface area contributed by atoms with Crippen molar-refractivity contribution in [2.45, 2.75) is 355 Å². The predicted molar refractivity (Wildman–Crippen MR) is 293 cm³/mol. The average molecular weight is 962 g/mol. The van der Waals surface area contributed by atoms with Gasteiger partial charge in [0.1, 0.15) is 13.2 Å². The molecule has 0 spiro atoms. The molecule has 0 bridgehead atoms. The van der Waals surface area contributed by atoms with Crippen molar-refractivity contribution in [3.63, 3.8) is 0 Å². The lowest BCUT2D eigenvalue weighted by Crippen LogP contribution is -2.30. The number of carbonyl (C=O) groups excluding carboxylic acids is 3. The van der Waals surface area contributed by atoms with E-state index in [1.54, 1.807) is 0 Å². The third-order valence-electron chi connectivity index (χ3n) is 14.6. The molecule has 404 valence electrons. The van der Waals surface area contributed by atoms with Crippen LogP contribution in [0.2, 0.25) is 0 Å². The van der Waals surface area contributed by atoms with Gasteiger partial charge in [-0.05, 0) is 31.1 Å². The highest BCUT2D eigenvalue weighted by Gasteiger charge is 2.19. The van der Waals surface area contributed by atoms with Crippen molar-refractivity contribution in [2.75, 3.05) is 13.2 Å². The minimum atomic E-state index is -0.763. The quantitative estimate of drug-likeness (QED) is 0.0343. The molecule has 0 aliphatic heterocycles. The summed E-state index contributed by atoms with van der Waals surface area (Å²) in [5.74, 6) is 0.830. The lowest BCUT2D eigenvalue weighted by atomic mass is 9.99. The number of carbonyl (C=O) groups is 3. The van der Waals surface area contributed by atoms with Crippen LogP contribution in [0, 0.1) is 11.8 Å². The Bertz CT molecular complexity index is 1040.